The molecule has 0 aliphatic carbocycles. The molecule has 76 valence electrons. The maximum atomic E-state index is 7.50. The van der Waals surface area contributed by atoms with Crippen LogP contribution < -0.4 is 0 Å². The first-order chi connectivity index (χ1) is 7.00. The van der Waals surface area contributed by atoms with E-state index in [4.69, 9.17) is 9.30 Å². The second-order valence-corrected chi connectivity index (χ2v) is 1.37. The van der Waals surface area contributed by atoms with Crippen LogP contribution in [-0.4, -0.2) is 0 Å². The maximum absolute atomic E-state index is 7.50. The van der Waals surface area contributed by atoms with Crippen molar-refractivity contribution in [3.8, 4) is 0 Å². The van der Waals surface area contributed by atoms with Crippen molar-refractivity contribution in [3.05, 3.63) is 74.0 Å². The molecule has 2 rings (SSSR count). The van der Waals surface area contributed by atoms with E-state index in [-0.39, 0.29) is 21.7 Å². The topological polar surface area (TPSA) is 39.8 Å². The second kappa shape index (κ2) is 23.1. The van der Waals surface area contributed by atoms with Crippen molar-refractivity contribution in [1.82, 2.24) is 0 Å². The van der Waals surface area contributed by atoms with Crippen molar-refractivity contribution >= 4 is 0 Å². The molecule has 0 N–H and O–H groups in total. The van der Waals surface area contributed by atoms with E-state index in [2.05, 4.69) is 61.8 Å². The minimum Gasteiger partial charge on any atom is -0.999 e. The van der Waals surface area contributed by atoms with Crippen LogP contribution in [0, 0.1) is 61.8 Å². The minimum atomic E-state index is 0. The summed E-state index contributed by atoms with van der Waals surface area (Å²) in [4.78, 5) is 0. The Labute approximate surface area is 105 Å². The molecule has 2 nitrogen and oxygen atoms in total. The van der Waals surface area contributed by atoms with Gasteiger partial charge in [0.1, 0.15) is 0 Å². The van der Waals surface area contributed by atoms with Gasteiger partial charge in [-0.1, -0.05) is 0 Å². The molecule has 0 saturated carbocycles. The summed E-state index contributed by atoms with van der Waals surface area (Å²) in [6.45, 7) is 9.00. The number of hydrogen-bond donors (Lipinski definition) is 0. The van der Waals surface area contributed by atoms with Crippen molar-refractivity contribution in [2.75, 3.05) is 0 Å². The molecular weight excluding hydrogens is 224 g/mol. The van der Waals surface area contributed by atoms with Crippen LogP contribution in [0.4, 0.5) is 0 Å². The van der Waals surface area contributed by atoms with Gasteiger partial charge in [0.05, 0.1) is 0 Å². The first-order valence-corrected chi connectivity index (χ1v) is 3.06. The van der Waals surface area contributed by atoms with Gasteiger partial charge in [0, 0.05) is 21.7 Å². The summed E-state index contributed by atoms with van der Waals surface area (Å²) in [5, 5.41) is 0. The second-order valence-electron chi connectivity index (χ2n) is 1.37. The van der Waals surface area contributed by atoms with Crippen LogP contribution in [0.2, 0.25) is 0 Å². The van der Waals surface area contributed by atoms with Crippen LogP contribution in [-0.2, 0) is 31.0 Å². The molecule has 0 aliphatic rings. The van der Waals surface area contributed by atoms with Gasteiger partial charge in [-0.2, -0.15) is 0 Å². The minimum absolute atomic E-state index is 0. The molecule has 0 radical (unpaired) electrons. The average molecular weight is 226 g/mol. The number of rotatable bonds is 0. The van der Waals surface area contributed by atoms with E-state index in [1.807, 2.05) is 0 Å². The van der Waals surface area contributed by atoms with E-state index in [1.165, 1.54) is 0 Å². The van der Waals surface area contributed by atoms with Gasteiger partial charge in [0.2, 0.25) is 0 Å². The molecule has 0 aliphatic heterocycles. The largest absolute Gasteiger partial charge is 0.999 e. The molecule has 0 atom stereocenters. The molecule has 15 heavy (non-hydrogen) atoms. The zero-order valence-corrected chi connectivity index (χ0v) is 9.03. The van der Waals surface area contributed by atoms with E-state index in [9.17, 15) is 0 Å². The summed E-state index contributed by atoms with van der Waals surface area (Å²) in [5.41, 5.74) is 0. The van der Waals surface area contributed by atoms with Crippen LogP contribution in [0.5, 0.6) is 0 Å². The molecule has 0 aromatic heterocycles. The normalized spacial score (nSPS) is 5.60. The van der Waals surface area contributed by atoms with Crippen LogP contribution in [0.15, 0.2) is 12.1 Å². The van der Waals surface area contributed by atoms with Crippen molar-refractivity contribution in [2.45, 2.75) is 0 Å². The SMILES string of the molecule is [C-]#[O+].[C-]#[O+].[Ti].[c-]1[c-][c-][cH-][c-]1.[c-]1[c-][c-][cH-][c-]1. The van der Waals surface area contributed by atoms with Crippen molar-refractivity contribution in [3.63, 3.8) is 0 Å². The summed E-state index contributed by atoms with van der Waals surface area (Å²) in [6, 6.07) is 24.0. The van der Waals surface area contributed by atoms with Crippen molar-refractivity contribution < 1.29 is 31.0 Å². The standard InChI is InChI=1S/2C5H.2CO.Ti/c2*1-2-4-5-3-1;2*1-2;/h2*1H;;;/q2*-5;;;. The Bertz CT molecular complexity index is 213. The zero-order valence-electron chi connectivity index (χ0n) is 7.47. The van der Waals surface area contributed by atoms with Crippen LogP contribution >= 0.6 is 0 Å². The smallest absolute Gasteiger partial charge is 0 e. The van der Waals surface area contributed by atoms with Gasteiger partial charge in [-0.25, -0.2) is 0 Å². The fourth-order valence-electron chi connectivity index (χ4n) is 0.361. The number of hydrogen-bond acceptors (Lipinski definition) is 0. The van der Waals surface area contributed by atoms with Gasteiger partial charge in [-0.05, 0) is 0 Å². The molecule has 0 unspecified atom stereocenters. The Balaban J connectivity index is -0.000000138. The molecule has 0 spiro atoms. The van der Waals surface area contributed by atoms with Gasteiger partial charge >= 0.3 is 22.6 Å². The Morgan fingerprint density at radius 3 is 0.867 bits per heavy atom. The molecule has 2 aromatic carbocycles. The van der Waals surface area contributed by atoms with E-state index in [1.54, 1.807) is 12.1 Å². The predicted octanol–water partition coefficient (Wildman–Crippen LogP) is 1.14. The maximum Gasteiger partial charge on any atom is 0 e. The van der Waals surface area contributed by atoms with Gasteiger partial charge in [-0.3, -0.25) is 0 Å². The third-order valence-electron chi connectivity index (χ3n) is 0.702. The summed E-state index contributed by atoms with van der Waals surface area (Å²) in [6.07, 6.45) is 0. The Hall–Kier alpha value is -1.11. The van der Waals surface area contributed by atoms with Crippen LogP contribution in [0.3, 0.4) is 0 Å². The van der Waals surface area contributed by atoms with Crippen LogP contribution in [0.25, 0.3) is 0 Å². The third kappa shape index (κ3) is 19.3. The molecule has 0 saturated heterocycles. The van der Waals surface area contributed by atoms with E-state index < -0.39 is 0 Å². The Morgan fingerprint density at radius 2 is 0.800 bits per heavy atom. The molecule has 0 heterocycles. The van der Waals surface area contributed by atoms with Gasteiger partial charge in [0.15, 0.2) is 0 Å². The third-order valence-corrected chi connectivity index (χ3v) is 0.702. The summed E-state index contributed by atoms with van der Waals surface area (Å²) < 4.78 is 15.0. The molecule has 0 bridgehead atoms. The molecule has 2 aromatic rings. The Morgan fingerprint density at radius 1 is 0.600 bits per heavy atom. The molecule has 0 fully saturated rings. The predicted molar refractivity (Wildman–Crippen MR) is 42.6 cm³/mol. The summed E-state index contributed by atoms with van der Waals surface area (Å²) in [7, 11) is 0. The van der Waals surface area contributed by atoms with Crippen molar-refractivity contribution in [2.24, 2.45) is 0 Å². The van der Waals surface area contributed by atoms with Gasteiger partial charge < -0.3 is 60.7 Å². The van der Waals surface area contributed by atoms with E-state index in [0.29, 0.717) is 0 Å². The van der Waals surface area contributed by atoms with Crippen LogP contribution in [0.1, 0.15) is 0 Å². The van der Waals surface area contributed by atoms with E-state index >= 15 is 0 Å². The van der Waals surface area contributed by atoms with Gasteiger partial charge in [0.25, 0.3) is 0 Å². The average Bonchev–Trinajstić information content (AvgIpc) is 3.01. The first kappa shape index (κ1) is 19.5. The first-order valence-electron chi connectivity index (χ1n) is 3.06. The molecular formula is C12H2O2Ti-10. The fraction of sp³-hybridized carbons (Fsp3) is 0. The van der Waals surface area contributed by atoms with Crippen molar-refractivity contribution in [1.29, 1.82) is 0 Å². The summed E-state index contributed by atoms with van der Waals surface area (Å²) in [5.74, 6) is 0. The summed E-state index contributed by atoms with van der Waals surface area (Å²) >= 11 is 0. The quantitative estimate of drug-likeness (QED) is 0.367. The van der Waals surface area contributed by atoms with E-state index in [0.717, 1.165) is 0 Å². The fourth-order valence-corrected chi connectivity index (χ4v) is 0.361. The molecule has 3 heteroatoms. The Kier molecular flexibility index (Phi) is 29.9. The zero-order chi connectivity index (χ0) is 11.1. The monoisotopic (exact) mass is 226 g/mol. The molecule has 0 amide bonds. The van der Waals surface area contributed by atoms with Gasteiger partial charge in [-0.15, -0.1) is 0 Å².